The molecule has 16 heavy (non-hydrogen) atoms. The van der Waals surface area contributed by atoms with Gasteiger partial charge < -0.3 is 4.74 Å². The number of hydrogen-bond donors (Lipinski definition) is 0. The number of hydrogen-bond acceptors (Lipinski definition) is 4. The molecule has 84 valence electrons. The molecule has 1 aromatic heterocycles. The summed E-state index contributed by atoms with van der Waals surface area (Å²) >= 11 is 6.89. The molecule has 1 heterocycles. The van der Waals surface area contributed by atoms with Gasteiger partial charge in [-0.25, -0.2) is 4.39 Å². The highest BCUT2D eigenvalue weighted by Crippen LogP contribution is 2.21. The Kier molecular flexibility index (Phi) is 3.36. The van der Waals surface area contributed by atoms with Crippen LogP contribution in [-0.2, 0) is 6.61 Å². The van der Waals surface area contributed by atoms with E-state index in [1.807, 2.05) is 0 Å². The summed E-state index contributed by atoms with van der Waals surface area (Å²) in [5.41, 5.74) is 0.746. The molecule has 0 saturated carbocycles. The molecule has 2 aromatic rings. The Morgan fingerprint density at radius 3 is 2.88 bits per heavy atom. The van der Waals surface area contributed by atoms with Gasteiger partial charge in [-0.15, -0.1) is 10.2 Å². The van der Waals surface area contributed by atoms with Crippen LogP contribution in [-0.4, -0.2) is 10.2 Å². The number of halogens is 2. The Labute approximate surface area is 101 Å². The average Bonchev–Trinajstić information content (AvgIpc) is 2.63. The van der Waals surface area contributed by atoms with E-state index in [0.29, 0.717) is 15.2 Å². The first-order chi connectivity index (χ1) is 7.65. The van der Waals surface area contributed by atoms with Gasteiger partial charge in [0.1, 0.15) is 18.2 Å². The second-order valence-electron chi connectivity index (χ2n) is 3.15. The minimum absolute atomic E-state index is 0.274. The second kappa shape index (κ2) is 4.76. The zero-order valence-electron chi connectivity index (χ0n) is 8.41. The van der Waals surface area contributed by atoms with Gasteiger partial charge in [0.25, 0.3) is 0 Å². The fourth-order valence-corrected chi connectivity index (χ4v) is 1.99. The SMILES string of the molecule is Cc1cc(F)ccc1OCc1nnc(Cl)s1. The van der Waals surface area contributed by atoms with Crippen LogP contribution in [0.4, 0.5) is 4.39 Å². The van der Waals surface area contributed by atoms with Gasteiger partial charge in [-0.2, -0.15) is 0 Å². The lowest BCUT2D eigenvalue weighted by atomic mass is 10.2. The largest absolute Gasteiger partial charge is 0.486 e. The lowest BCUT2D eigenvalue weighted by Crippen LogP contribution is -1.96. The molecule has 1 aromatic carbocycles. The Hall–Kier alpha value is -1.20. The lowest BCUT2D eigenvalue weighted by Gasteiger charge is -2.06. The minimum atomic E-state index is -0.274. The molecule has 2 rings (SSSR count). The molecule has 6 heteroatoms. The van der Waals surface area contributed by atoms with Crippen molar-refractivity contribution < 1.29 is 9.13 Å². The van der Waals surface area contributed by atoms with Crippen molar-refractivity contribution in [2.24, 2.45) is 0 Å². The maximum atomic E-state index is 12.8. The predicted molar refractivity (Wildman–Crippen MR) is 60.4 cm³/mol. The second-order valence-corrected chi connectivity index (χ2v) is 4.79. The summed E-state index contributed by atoms with van der Waals surface area (Å²) < 4.78 is 18.7. The van der Waals surface area contributed by atoms with Crippen molar-refractivity contribution in [1.29, 1.82) is 0 Å². The van der Waals surface area contributed by atoms with Crippen LogP contribution in [0.3, 0.4) is 0 Å². The molecule has 0 fully saturated rings. The zero-order chi connectivity index (χ0) is 11.5. The van der Waals surface area contributed by atoms with Crippen LogP contribution in [0.15, 0.2) is 18.2 Å². The molecule has 0 aliphatic rings. The molecule has 0 bridgehead atoms. The van der Waals surface area contributed by atoms with E-state index in [-0.39, 0.29) is 12.4 Å². The minimum Gasteiger partial charge on any atom is -0.486 e. The van der Waals surface area contributed by atoms with Gasteiger partial charge in [0.05, 0.1) is 0 Å². The van der Waals surface area contributed by atoms with E-state index in [1.165, 1.54) is 23.5 Å². The number of benzene rings is 1. The van der Waals surface area contributed by atoms with Crippen molar-refractivity contribution in [3.05, 3.63) is 39.1 Å². The predicted octanol–water partition coefficient (Wildman–Crippen LogP) is 3.22. The van der Waals surface area contributed by atoms with Gasteiger partial charge in [0, 0.05) is 0 Å². The normalized spacial score (nSPS) is 10.4. The Bertz CT molecular complexity index is 503. The standard InChI is InChI=1S/C10H8ClFN2OS/c1-6-4-7(12)2-3-8(6)15-5-9-13-14-10(11)16-9/h2-4H,5H2,1H3. The molecule has 0 unspecified atom stereocenters. The number of aromatic nitrogens is 2. The van der Waals surface area contributed by atoms with Crippen molar-refractivity contribution in [1.82, 2.24) is 10.2 Å². The summed E-state index contributed by atoms with van der Waals surface area (Å²) in [6, 6.07) is 4.37. The summed E-state index contributed by atoms with van der Waals surface area (Å²) in [4.78, 5) is 0. The van der Waals surface area contributed by atoms with Gasteiger partial charge in [0.15, 0.2) is 5.01 Å². The average molecular weight is 259 g/mol. The monoisotopic (exact) mass is 258 g/mol. The summed E-state index contributed by atoms with van der Waals surface area (Å²) in [7, 11) is 0. The summed E-state index contributed by atoms with van der Waals surface area (Å²) in [5.74, 6) is 0.358. The summed E-state index contributed by atoms with van der Waals surface area (Å²) in [5, 5.41) is 8.16. The van der Waals surface area contributed by atoms with Crippen molar-refractivity contribution in [2.75, 3.05) is 0 Å². The van der Waals surface area contributed by atoms with Crippen molar-refractivity contribution in [3.63, 3.8) is 0 Å². The van der Waals surface area contributed by atoms with Crippen LogP contribution in [0.5, 0.6) is 5.75 Å². The third-order valence-electron chi connectivity index (χ3n) is 1.93. The fraction of sp³-hybridized carbons (Fsp3) is 0.200. The first kappa shape index (κ1) is 11.3. The molecule has 3 nitrogen and oxygen atoms in total. The maximum Gasteiger partial charge on any atom is 0.207 e. The molecule has 0 amide bonds. The van der Waals surface area contributed by atoms with Gasteiger partial charge in [-0.1, -0.05) is 11.3 Å². The quantitative estimate of drug-likeness (QED) is 0.848. The fourth-order valence-electron chi connectivity index (χ4n) is 1.21. The van der Waals surface area contributed by atoms with Crippen molar-refractivity contribution in [2.45, 2.75) is 13.5 Å². The molecule has 0 radical (unpaired) electrons. The first-order valence-corrected chi connectivity index (χ1v) is 5.71. The van der Waals surface area contributed by atoms with Gasteiger partial charge in [0.2, 0.25) is 4.47 Å². The Morgan fingerprint density at radius 1 is 1.44 bits per heavy atom. The number of nitrogens with zero attached hydrogens (tertiary/aromatic N) is 2. The van der Waals surface area contributed by atoms with Gasteiger partial charge >= 0.3 is 0 Å². The van der Waals surface area contributed by atoms with Crippen LogP contribution in [0, 0.1) is 12.7 Å². The molecule has 0 N–H and O–H groups in total. The number of aryl methyl sites for hydroxylation is 1. The van der Waals surface area contributed by atoms with Gasteiger partial charge in [-0.3, -0.25) is 0 Å². The van der Waals surface area contributed by atoms with E-state index >= 15 is 0 Å². The Morgan fingerprint density at radius 2 is 2.25 bits per heavy atom. The lowest BCUT2D eigenvalue weighted by molar-refractivity contribution is 0.302. The zero-order valence-corrected chi connectivity index (χ0v) is 9.98. The van der Waals surface area contributed by atoms with Gasteiger partial charge in [-0.05, 0) is 42.3 Å². The van der Waals surface area contributed by atoms with Crippen molar-refractivity contribution in [3.8, 4) is 5.75 Å². The van der Waals surface area contributed by atoms with E-state index in [0.717, 1.165) is 5.56 Å². The van der Waals surface area contributed by atoms with E-state index in [2.05, 4.69) is 10.2 Å². The third-order valence-corrected chi connectivity index (χ3v) is 2.92. The number of ether oxygens (including phenoxy) is 1. The van der Waals surface area contributed by atoms with E-state index in [4.69, 9.17) is 16.3 Å². The van der Waals surface area contributed by atoms with Crippen LogP contribution in [0.2, 0.25) is 4.47 Å². The topological polar surface area (TPSA) is 35.0 Å². The molecule has 0 aliphatic heterocycles. The molecule has 0 saturated heterocycles. The van der Waals surface area contributed by atoms with Crippen LogP contribution < -0.4 is 4.74 Å². The highest BCUT2D eigenvalue weighted by Gasteiger charge is 2.05. The maximum absolute atomic E-state index is 12.8. The van der Waals surface area contributed by atoms with Crippen LogP contribution >= 0.6 is 22.9 Å². The highest BCUT2D eigenvalue weighted by atomic mass is 35.5. The van der Waals surface area contributed by atoms with Crippen molar-refractivity contribution >= 4 is 22.9 Å². The molecule has 0 spiro atoms. The van der Waals surface area contributed by atoms with Crippen LogP contribution in [0.25, 0.3) is 0 Å². The smallest absolute Gasteiger partial charge is 0.207 e. The van der Waals surface area contributed by atoms with Crippen LogP contribution in [0.1, 0.15) is 10.6 Å². The summed E-state index contributed by atoms with van der Waals surface area (Å²) in [6.07, 6.45) is 0. The molecular formula is C10H8ClFN2OS. The molecule has 0 aliphatic carbocycles. The highest BCUT2D eigenvalue weighted by molar-refractivity contribution is 7.15. The summed E-state index contributed by atoms with van der Waals surface area (Å²) in [6.45, 7) is 2.07. The van der Waals surface area contributed by atoms with E-state index in [1.54, 1.807) is 13.0 Å². The third kappa shape index (κ3) is 2.68. The Balaban J connectivity index is 2.04. The number of rotatable bonds is 3. The van der Waals surface area contributed by atoms with E-state index < -0.39 is 0 Å². The molecule has 0 atom stereocenters. The van der Waals surface area contributed by atoms with E-state index in [9.17, 15) is 4.39 Å². The first-order valence-electron chi connectivity index (χ1n) is 4.52. The molecular weight excluding hydrogens is 251 g/mol.